The number of aromatic nitrogens is 1. The van der Waals surface area contributed by atoms with E-state index in [2.05, 4.69) is 11.9 Å². The minimum absolute atomic E-state index is 0.171. The predicted octanol–water partition coefficient (Wildman–Crippen LogP) is 1.89. The highest BCUT2D eigenvalue weighted by Crippen LogP contribution is 2.48. The molecule has 0 saturated heterocycles. The van der Waals surface area contributed by atoms with Crippen LogP contribution in [0.3, 0.4) is 0 Å². The van der Waals surface area contributed by atoms with Gasteiger partial charge in [0, 0.05) is 11.3 Å². The number of carboxylic acid groups (broad SMARTS) is 1. The van der Waals surface area contributed by atoms with Crippen LogP contribution in [0.15, 0.2) is 5.38 Å². The first-order chi connectivity index (χ1) is 6.22. The number of hydrogen-bond donors (Lipinski definition) is 1. The molecule has 1 heterocycles. The number of carboxylic acids is 1. The van der Waals surface area contributed by atoms with Gasteiger partial charge in [-0.05, 0) is 12.8 Å². The minimum Gasteiger partial charge on any atom is -0.481 e. The lowest BCUT2D eigenvalue weighted by Gasteiger charge is -1.89. The van der Waals surface area contributed by atoms with Crippen molar-refractivity contribution in [2.45, 2.75) is 25.7 Å². The van der Waals surface area contributed by atoms with Gasteiger partial charge in [-0.1, -0.05) is 6.92 Å². The van der Waals surface area contributed by atoms with Crippen molar-refractivity contribution in [3.8, 4) is 0 Å². The van der Waals surface area contributed by atoms with Crippen molar-refractivity contribution in [1.82, 2.24) is 4.98 Å². The molecule has 13 heavy (non-hydrogen) atoms. The lowest BCUT2D eigenvalue weighted by Crippen LogP contribution is -1.98. The van der Waals surface area contributed by atoms with Crippen molar-refractivity contribution >= 4 is 17.3 Å². The summed E-state index contributed by atoms with van der Waals surface area (Å²) >= 11 is 1.59. The van der Waals surface area contributed by atoms with Gasteiger partial charge in [0.05, 0.1) is 16.6 Å². The third kappa shape index (κ3) is 1.58. The molecule has 0 radical (unpaired) electrons. The lowest BCUT2D eigenvalue weighted by atomic mass is 10.3. The van der Waals surface area contributed by atoms with Crippen LogP contribution in [0.2, 0.25) is 0 Å². The van der Waals surface area contributed by atoms with Gasteiger partial charge >= 0.3 is 5.97 Å². The zero-order valence-corrected chi connectivity index (χ0v) is 8.17. The Bertz CT molecular complexity index is 334. The number of hydrogen-bond acceptors (Lipinski definition) is 3. The van der Waals surface area contributed by atoms with Gasteiger partial charge in [-0.25, -0.2) is 4.98 Å². The highest BCUT2D eigenvalue weighted by atomic mass is 32.1. The summed E-state index contributed by atoms with van der Waals surface area (Å²) in [6.07, 6.45) is 1.70. The van der Waals surface area contributed by atoms with E-state index in [1.54, 1.807) is 11.3 Å². The molecule has 0 amide bonds. The van der Waals surface area contributed by atoms with E-state index in [4.69, 9.17) is 5.11 Å². The summed E-state index contributed by atoms with van der Waals surface area (Å²) in [6, 6.07) is 0. The minimum atomic E-state index is -0.682. The smallest absolute Gasteiger partial charge is 0.307 e. The molecule has 4 heteroatoms. The Morgan fingerprint density at radius 3 is 3.08 bits per heavy atom. The number of aliphatic carboxylic acids is 1. The molecule has 1 N–H and O–H groups in total. The number of nitrogens with zero attached hydrogens (tertiary/aromatic N) is 1. The van der Waals surface area contributed by atoms with E-state index in [0.29, 0.717) is 0 Å². The maximum Gasteiger partial charge on any atom is 0.307 e. The van der Waals surface area contributed by atoms with Crippen LogP contribution in [0.5, 0.6) is 0 Å². The van der Waals surface area contributed by atoms with Gasteiger partial charge in [-0.15, -0.1) is 11.3 Å². The highest BCUT2D eigenvalue weighted by molar-refractivity contribution is 7.09. The number of thiazole rings is 1. The van der Waals surface area contributed by atoms with Crippen molar-refractivity contribution in [3.63, 3.8) is 0 Å². The summed E-state index contributed by atoms with van der Waals surface area (Å²) in [4.78, 5) is 15.0. The molecular weight excluding hydrogens is 186 g/mol. The van der Waals surface area contributed by atoms with E-state index in [9.17, 15) is 4.79 Å². The van der Waals surface area contributed by atoms with Crippen LogP contribution in [0.1, 0.15) is 30.0 Å². The Morgan fingerprint density at radius 2 is 2.62 bits per heavy atom. The standard InChI is InChI=1S/C9H11NO2S/c1-2-5-4-13-8(10-5)6-3-7(6)9(11)12/h4,6-7H,2-3H2,1H3,(H,11,12). The quantitative estimate of drug-likeness (QED) is 0.805. The Morgan fingerprint density at radius 1 is 1.85 bits per heavy atom. The molecule has 1 aliphatic carbocycles. The molecule has 3 nitrogen and oxygen atoms in total. The zero-order valence-electron chi connectivity index (χ0n) is 7.36. The molecule has 1 fully saturated rings. The molecule has 0 bridgehead atoms. The van der Waals surface area contributed by atoms with Crippen molar-refractivity contribution in [2.24, 2.45) is 5.92 Å². The Kier molecular flexibility index (Phi) is 2.07. The topological polar surface area (TPSA) is 50.2 Å². The zero-order chi connectivity index (χ0) is 9.42. The predicted molar refractivity (Wildman–Crippen MR) is 50.0 cm³/mol. The fourth-order valence-corrected chi connectivity index (χ4v) is 2.48. The maximum absolute atomic E-state index is 10.6. The molecule has 0 spiro atoms. The van der Waals surface area contributed by atoms with E-state index in [1.165, 1.54) is 0 Å². The summed E-state index contributed by atoms with van der Waals surface area (Å²) in [6.45, 7) is 2.06. The second-order valence-electron chi connectivity index (χ2n) is 3.32. The molecule has 2 unspecified atom stereocenters. The van der Waals surface area contributed by atoms with Gasteiger partial charge in [-0.3, -0.25) is 4.79 Å². The lowest BCUT2D eigenvalue weighted by molar-refractivity contribution is -0.138. The van der Waals surface area contributed by atoms with Crippen molar-refractivity contribution in [1.29, 1.82) is 0 Å². The monoisotopic (exact) mass is 197 g/mol. The normalized spacial score (nSPS) is 25.9. The molecule has 1 saturated carbocycles. The summed E-state index contributed by atoms with van der Waals surface area (Å²) in [5.41, 5.74) is 1.08. The van der Waals surface area contributed by atoms with Gasteiger partial charge in [0.1, 0.15) is 0 Å². The van der Waals surface area contributed by atoms with Gasteiger partial charge in [0.2, 0.25) is 0 Å². The fraction of sp³-hybridized carbons (Fsp3) is 0.556. The van der Waals surface area contributed by atoms with Crippen LogP contribution in [0, 0.1) is 5.92 Å². The van der Waals surface area contributed by atoms with Crippen molar-refractivity contribution in [3.05, 3.63) is 16.1 Å². The average molecular weight is 197 g/mol. The second-order valence-corrected chi connectivity index (χ2v) is 4.21. The Balaban J connectivity index is 2.07. The third-order valence-corrected chi connectivity index (χ3v) is 3.38. The highest BCUT2D eigenvalue weighted by Gasteiger charge is 2.45. The fourth-order valence-electron chi connectivity index (χ4n) is 1.40. The molecular formula is C9H11NO2S. The largest absolute Gasteiger partial charge is 0.481 e. The molecule has 1 aromatic heterocycles. The number of aryl methyl sites for hydroxylation is 1. The van der Waals surface area contributed by atoms with E-state index in [-0.39, 0.29) is 11.8 Å². The average Bonchev–Trinajstić information content (AvgIpc) is 2.78. The van der Waals surface area contributed by atoms with Crippen LogP contribution in [-0.2, 0) is 11.2 Å². The number of rotatable bonds is 3. The van der Waals surface area contributed by atoms with E-state index >= 15 is 0 Å². The van der Waals surface area contributed by atoms with Crippen LogP contribution >= 0.6 is 11.3 Å². The van der Waals surface area contributed by atoms with Gasteiger partial charge in [0.25, 0.3) is 0 Å². The molecule has 1 aliphatic rings. The summed E-state index contributed by atoms with van der Waals surface area (Å²) in [7, 11) is 0. The van der Waals surface area contributed by atoms with Crippen molar-refractivity contribution < 1.29 is 9.90 Å². The van der Waals surface area contributed by atoms with Gasteiger partial charge in [-0.2, -0.15) is 0 Å². The SMILES string of the molecule is CCc1csc(C2CC2C(=O)O)n1. The van der Waals surface area contributed by atoms with E-state index < -0.39 is 5.97 Å². The second kappa shape index (κ2) is 3.10. The van der Waals surface area contributed by atoms with Gasteiger partial charge < -0.3 is 5.11 Å². The molecule has 2 atom stereocenters. The van der Waals surface area contributed by atoms with Crippen LogP contribution in [0.4, 0.5) is 0 Å². The number of carbonyl (C=O) groups is 1. The Hall–Kier alpha value is -0.900. The molecule has 0 aliphatic heterocycles. The summed E-state index contributed by atoms with van der Waals surface area (Å²) < 4.78 is 0. The van der Waals surface area contributed by atoms with Gasteiger partial charge in [0.15, 0.2) is 0 Å². The third-order valence-electron chi connectivity index (χ3n) is 2.36. The first-order valence-electron chi connectivity index (χ1n) is 4.39. The molecule has 1 aromatic rings. The summed E-state index contributed by atoms with van der Waals surface area (Å²) in [5, 5.41) is 11.8. The summed E-state index contributed by atoms with van der Waals surface area (Å²) in [5.74, 6) is -0.656. The maximum atomic E-state index is 10.6. The Labute approximate surface area is 80.4 Å². The molecule has 2 rings (SSSR count). The van der Waals surface area contributed by atoms with E-state index in [0.717, 1.165) is 23.5 Å². The van der Waals surface area contributed by atoms with Crippen LogP contribution < -0.4 is 0 Å². The first kappa shape index (κ1) is 8.69. The van der Waals surface area contributed by atoms with E-state index in [1.807, 2.05) is 5.38 Å². The first-order valence-corrected chi connectivity index (χ1v) is 5.27. The van der Waals surface area contributed by atoms with Crippen LogP contribution in [-0.4, -0.2) is 16.1 Å². The molecule has 0 aromatic carbocycles. The molecule has 70 valence electrons. The van der Waals surface area contributed by atoms with Crippen molar-refractivity contribution in [2.75, 3.05) is 0 Å². The van der Waals surface area contributed by atoms with Crippen LogP contribution in [0.25, 0.3) is 0 Å².